The predicted molar refractivity (Wildman–Crippen MR) is 123 cm³/mol. The largest absolute Gasteiger partial charge is 0.493 e. The number of aryl methyl sites for hydroxylation is 1. The highest BCUT2D eigenvalue weighted by Gasteiger charge is 2.35. The highest BCUT2D eigenvalue weighted by atomic mass is 79.9. The summed E-state index contributed by atoms with van der Waals surface area (Å²) in [6, 6.07) is 15.9. The first-order valence-electron chi connectivity index (χ1n) is 10.3. The van der Waals surface area contributed by atoms with E-state index >= 15 is 0 Å². The van der Waals surface area contributed by atoms with Crippen molar-refractivity contribution in [1.29, 1.82) is 5.26 Å². The summed E-state index contributed by atoms with van der Waals surface area (Å²) in [5.41, 5.74) is 10.0. The number of fused-ring (bicyclic) bond motifs is 1. The predicted octanol–water partition coefficient (Wildman–Crippen LogP) is 4.93. The lowest BCUT2D eigenvalue weighted by Crippen LogP contribution is -2.21. The fraction of sp³-hybridized carbons (Fsp3) is 0.250. The topological polar surface area (TPSA) is 106 Å². The summed E-state index contributed by atoms with van der Waals surface area (Å²) in [6.07, 6.45) is 1.69. The Bertz CT molecular complexity index is 1200. The average molecular weight is 495 g/mol. The molecule has 0 saturated carbocycles. The summed E-state index contributed by atoms with van der Waals surface area (Å²) in [5.74, 6) is 1.16. The molecular formula is C24H23BrN4O3. The lowest BCUT2D eigenvalue weighted by atomic mass is 9.83. The minimum absolute atomic E-state index is 0.0547. The number of methoxy groups -OCH3 is 1. The molecule has 0 spiro atoms. The molecule has 0 saturated heterocycles. The summed E-state index contributed by atoms with van der Waals surface area (Å²) in [5, 5.41) is 17.2. The Morgan fingerprint density at radius 1 is 1.28 bits per heavy atom. The third kappa shape index (κ3) is 4.04. The molecule has 4 rings (SSSR count). The van der Waals surface area contributed by atoms with Crippen LogP contribution in [0.2, 0.25) is 0 Å². The first-order valence-corrected chi connectivity index (χ1v) is 11.1. The Morgan fingerprint density at radius 3 is 2.75 bits per heavy atom. The van der Waals surface area contributed by atoms with E-state index in [1.807, 2.05) is 42.5 Å². The van der Waals surface area contributed by atoms with Crippen molar-refractivity contribution in [1.82, 2.24) is 10.2 Å². The molecule has 2 aromatic carbocycles. The summed E-state index contributed by atoms with van der Waals surface area (Å²) >= 11 is 3.63. The number of rotatable bonds is 7. The zero-order valence-electron chi connectivity index (χ0n) is 17.8. The second kappa shape index (κ2) is 9.37. The quantitative estimate of drug-likeness (QED) is 0.482. The van der Waals surface area contributed by atoms with Crippen LogP contribution in [0, 0.1) is 11.3 Å². The van der Waals surface area contributed by atoms with E-state index in [-0.39, 0.29) is 5.88 Å². The van der Waals surface area contributed by atoms with Crippen LogP contribution in [0.3, 0.4) is 0 Å². The number of aromatic amines is 1. The van der Waals surface area contributed by atoms with E-state index in [0.29, 0.717) is 34.0 Å². The number of nitrogens with two attached hydrogens (primary N) is 1. The lowest BCUT2D eigenvalue weighted by Gasteiger charge is -2.25. The van der Waals surface area contributed by atoms with Crippen LogP contribution in [-0.2, 0) is 13.0 Å². The second-order valence-corrected chi connectivity index (χ2v) is 8.26. The second-order valence-electron chi connectivity index (χ2n) is 7.40. The first-order chi connectivity index (χ1) is 15.6. The number of hydrogen-bond donors (Lipinski definition) is 2. The van der Waals surface area contributed by atoms with Gasteiger partial charge in [-0.2, -0.15) is 5.26 Å². The summed E-state index contributed by atoms with van der Waals surface area (Å²) < 4.78 is 18.1. The zero-order chi connectivity index (χ0) is 22.7. The third-order valence-corrected chi connectivity index (χ3v) is 5.92. The van der Waals surface area contributed by atoms with Gasteiger partial charge in [0.1, 0.15) is 18.2 Å². The average Bonchev–Trinajstić information content (AvgIpc) is 3.19. The maximum Gasteiger partial charge on any atom is 0.244 e. The van der Waals surface area contributed by atoms with Gasteiger partial charge in [-0.15, -0.1) is 5.10 Å². The van der Waals surface area contributed by atoms with Gasteiger partial charge in [0.15, 0.2) is 11.5 Å². The van der Waals surface area contributed by atoms with Crippen molar-refractivity contribution >= 4 is 15.9 Å². The van der Waals surface area contributed by atoms with E-state index < -0.39 is 5.92 Å². The van der Waals surface area contributed by atoms with E-state index in [2.05, 4.69) is 39.1 Å². The highest BCUT2D eigenvalue weighted by Crippen LogP contribution is 2.47. The maximum absolute atomic E-state index is 9.87. The van der Waals surface area contributed by atoms with E-state index in [1.165, 1.54) is 0 Å². The van der Waals surface area contributed by atoms with E-state index in [0.717, 1.165) is 35.2 Å². The monoisotopic (exact) mass is 494 g/mol. The number of benzene rings is 2. The minimum Gasteiger partial charge on any atom is -0.493 e. The molecule has 1 atom stereocenters. The fourth-order valence-electron chi connectivity index (χ4n) is 3.86. The normalized spacial score (nSPS) is 15.0. The van der Waals surface area contributed by atoms with Crippen molar-refractivity contribution in [2.24, 2.45) is 5.73 Å². The van der Waals surface area contributed by atoms with Gasteiger partial charge in [0.2, 0.25) is 11.8 Å². The molecule has 1 aliphatic rings. The van der Waals surface area contributed by atoms with Crippen LogP contribution < -0.4 is 19.9 Å². The molecular weight excluding hydrogens is 472 g/mol. The molecule has 1 aliphatic heterocycles. The molecule has 0 radical (unpaired) electrons. The zero-order valence-corrected chi connectivity index (χ0v) is 19.4. The molecule has 1 unspecified atom stereocenters. The smallest absolute Gasteiger partial charge is 0.244 e. The number of hydrogen-bond acceptors (Lipinski definition) is 6. The molecule has 7 nitrogen and oxygen atoms in total. The van der Waals surface area contributed by atoms with Gasteiger partial charge in [-0.3, -0.25) is 5.10 Å². The van der Waals surface area contributed by atoms with E-state index in [4.69, 9.17) is 19.9 Å². The van der Waals surface area contributed by atoms with Gasteiger partial charge in [-0.05, 0) is 45.6 Å². The van der Waals surface area contributed by atoms with Crippen molar-refractivity contribution in [3.63, 3.8) is 0 Å². The van der Waals surface area contributed by atoms with Crippen LogP contribution in [0.5, 0.6) is 17.4 Å². The Hall–Kier alpha value is -3.44. The number of nitriles is 1. The first kappa shape index (κ1) is 21.8. The summed E-state index contributed by atoms with van der Waals surface area (Å²) in [6.45, 7) is 2.48. The molecule has 2 heterocycles. The molecule has 3 aromatic rings. The Balaban J connectivity index is 1.77. The molecule has 0 fully saturated rings. The van der Waals surface area contributed by atoms with Gasteiger partial charge in [-0.1, -0.05) is 43.7 Å². The van der Waals surface area contributed by atoms with Gasteiger partial charge in [-0.25, -0.2) is 0 Å². The van der Waals surface area contributed by atoms with Gasteiger partial charge in [0.05, 0.1) is 17.5 Å². The van der Waals surface area contributed by atoms with Gasteiger partial charge in [0.25, 0.3) is 0 Å². The summed E-state index contributed by atoms with van der Waals surface area (Å²) in [7, 11) is 1.59. The lowest BCUT2D eigenvalue weighted by molar-refractivity contribution is 0.282. The molecule has 3 N–H and O–H groups in total. The molecule has 0 bridgehead atoms. The van der Waals surface area contributed by atoms with Crippen molar-refractivity contribution < 1.29 is 14.2 Å². The standard InChI is InChI=1S/C24H23BrN4O3/c1-3-7-18-21-20(16(12-26)23(27)32-24(21)29-28-18)15-10-17(25)22(19(11-15)30-2)31-13-14-8-5-4-6-9-14/h4-6,8-11,20H,3,7,13,27H2,1-2H3,(H,28,29). The summed E-state index contributed by atoms with van der Waals surface area (Å²) in [4.78, 5) is 0. The molecule has 164 valence electrons. The minimum atomic E-state index is -0.433. The van der Waals surface area contributed by atoms with Crippen LogP contribution in [0.15, 0.2) is 58.4 Å². The van der Waals surface area contributed by atoms with Gasteiger partial charge < -0.3 is 19.9 Å². The number of halogens is 1. The molecule has 0 aliphatic carbocycles. The Morgan fingerprint density at radius 2 is 2.06 bits per heavy atom. The van der Waals surface area contributed by atoms with E-state index in [1.54, 1.807) is 7.11 Å². The maximum atomic E-state index is 9.87. The molecule has 1 aromatic heterocycles. The SMILES string of the molecule is CCCc1[nH]nc2c1C(c1cc(Br)c(OCc3ccccc3)c(OC)c1)C(C#N)=C(N)O2. The van der Waals surface area contributed by atoms with Crippen LogP contribution in [0.1, 0.15) is 41.6 Å². The Labute approximate surface area is 194 Å². The number of aromatic nitrogens is 2. The van der Waals surface area contributed by atoms with Crippen molar-refractivity contribution in [3.8, 4) is 23.4 Å². The van der Waals surface area contributed by atoms with Gasteiger partial charge in [0, 0.05) is 11.3 Å². The number of allylic oxidation sites excluding steroid dienone is 1. The Kier molecular flexibility index (Phi) is 6.37. The number of nitrogens with one attached hydrogen (secondary N) is 1. The van der Waals surface area contributed by atoms with Crippen molar-refractivity contribution in [3.05, 3.63) is 80.8 Å². The van der Waals surface area contributed by atoms with Gasteiger partial charge >= 0.3 is 0 Å². The number of ether oxygens (including phenoxy) is 3. The van der Waals surface area contributed by atoms with E-state index in [9.17, 15) is 5.26 Å². The number of H-pyrrole nitrogens is 1. The molecule has 0 amide bonds. The third-order valence-electron chi connectivity index (χ3n) is 5.33. The van der Waals surface area contributed by atoms with Crippen LogP contribution in [0.4, 0.5) is 0 Å². The van der Waals surface area contributed by atoms with Crippen molar-refractivity contribution in [2.75, 3.05) is 7.11 Å². The van der Waals surface area contributed by atoms with Crippen molar-refractivity contribution in [2.45, 2.75) is 32.3 Å². The highest BCUT2D eigenvalue weighted by molar-refractivity contribution is 9.10. The van der Waals surface area contributed by atoms with Crippen LogP contribution in [-0.4, -0.2) is 17.3 Å². The fourth-order valence-corrected chi connectivity index (χ4v) is 4.43. The number of nitrogens with zero attached hydrogens (tertiary/aromatic N) is 2. The molecule has 8 heteroatoms. The molecule has 32 heavy (non-hydrogen) atoms. The van der Waals surface area contributed by atoms with Crippen LogP contribution >= 0.6 is 15.9 Å². The van der Waals surface area contributed by atoms with Crippen LogP contribution in [0.25, 0.3) is 0 Å².